The maximum atomic E-state index is 13.0. The zero-order chi connectivity index (χ0) is 35.9. The fourth-order valence-electron chi connectivity index (χ4n) is 6.19. The van der Waals surface area contributed by atoms with E-state index < -0.39 is 35.3 Å². The molecule has 1 unspecified atom stereocenters. The third-order valence-corrected chi connectivity index (χ3v) is 8.41. The predicted octanol–water partition coefficient (Wildman–Crippen LogP) is 5.73. The molecule has 4 aromatic carbocycles. The monoisotopic (exact) mass is 690 g/mol. The molecule has 13 heteroatoms. The number of phenolic OH excluding ortho intramolecular Hbond substituents is 1. The first-order valence-electron chi connectivity index (χ1n) is 16.1. The van der Waals surface area contributed by atoms with E-state index >= 15 is 0 Å². The molecule has 51 heavy (non-hydrogen) atoms. The highest BCUT2D eigenvalue weighted by atomic mass is 16.6. The Morgan fingerprint density at radius 1 is 0.961 bits per heavy atom. The van der Waals surface area contributed by atoms with Crippen LogP contribution in [0.25, 0.3) is 5.69 Å². The normalized spacial score (nSPS) is 16.2. The molecule has 1 spiro atoms. The van der Waals surface area contributed by atoms with Gasteiger partial charge in [0.15, 0.2) is 5.60 Å². The minimum absolute atomic E-state index is 0.00989. The zero-order valence-corrected chi connectivity index (χ0v) is 28.2. The number of carbonyl (C=O) groups is 3. The third-order valence-electron chi connectivity index (χ3n) is 8.41. The first kappa shape index (κ1) is 33.1. The average Bonchev–Trinajstić information content (AvgIpc) is 3.69. The molecule has 1 amide bonds. The van der Waals surface area contributed by atoms with Crippen LogP contribution in [-0.2, 0) is 37.6 Å². The topological polar surface area (TPSA) is 160 Å². The second-order valence-electron chi connectivity index (χ2n) is 13.1. The van der Waals surface area contributed by atoms with E-state index in [1.54, 1.807) is 62.0 Å². The maximum absolute atomic E-state index is 13.0. The van der Waals surface area contributed by atoms with Gasteiger partial charge in [-0.25, -0.2) is 19.1 Å². The van der Waals surface area contributed by atoms with Crippen LogP contribution >= 0.6 is 0 Å². The Morgan fingerprint density at radius 3 is 2.43 bits per heavy atom. The second kappa shape index (κ2) is 12.8. The van der Waals surface area contributed by atoms with Crippen LogP contribution in [0.2, 0.25) is 0 Å². The third kappa shape index (κ3) is 6.41. The molecule has 0 aliphatic carbocycles. The summed E-state index contributed by atoms with van der Waals surface area (Å²) in [6, 6.07) is 23.6. The summed E-state index contributed by atoms with van der Waals surface area (Å²) in [7, 11) is 1.26. The predicted molar refractivity (Wildman–Crippen MR) is 181 cm³/mol. The van der Waals surface area contributed by atoms with E-state index in [-0.39, 0.29) is 18.8 Å². The van der Waals surface area contributed by atoms with Gasteiger partial charge in [0.05, 0.1) is 24.6 Å². The summed E-state index contributed by atoms with van der Waals surface area (Å²) < 4.78 is 30.2. The largest absolute Gasteiger partial charge is 0.508 e. The molecule has 2 atom stereocenters. The van der Waals surface area contributed by atoms with E-state index in [1.165, 1.54) is 19.2 Å². The Kier molecular flexibility index (Phi) is 8.33. The lowest BCUT2D eigenvalue weighted by Crippen LogP contribution is -2.45. The van der Waals surface area contributed by atoms with Crippen LogP contribution in [0, 0.1) is 0 Å². The molecule has 2 aliphatic heterocycles. The van der Waals surface area contributed by atoms with Gasteiger partial charge < -0.3 is 34.1 Å². The summed E-state index contributed by atoms with van der Waals surface area (Å²) in [6.45, 7) is 5.30. The Bertz CT molecular complexity index is 2160. The number of aromatic nitrogens is 3. The molecule has 0 fully saturated rings. The minimum Gasteiger partial charge on any atom is -0.508 e. The van der Waals surface area contributed by atoms with Crippen molar-refractivity contribution >= 4 is 18.0 Å². The number of hydrogen-bond donors (Lipinski definition) is 2. The van der Waals surface area contributed by atoms with Crippen LogP contribution in [0.15, 0.2) is 91.1 Å². The van der Waals surface area contributed by atoms with Gasteiger partial charge >= 0.3 is 18.0 Å². The number of rotatable bonds is 8. The average molecular weight is 691 g/mol. The van der Waals surface area contributed by atoms with E-state index in [2.05, 4.69) is 15.6 Å². The highest BCUT2D eigenvalue weighted by molar-refractivity contribution is 5.97. The molecule has 0 radical (unpaired) electrons. The van der Waals surface area contributed by atoms with Gasteiger partial charge in [0, 0.05) is 35.2 Å². The molecule has 0 saturated carbocycles. The van der Waals surface area contributed by atoms with Crippen molar-refractivity contribution in [2.45, 2.75) is 51.0 Å². The number of alkyl carbamates (subject to hydrolysis) is 1. The Balaban J connectivity index is 1.05. The van der Waals surface area contributed by atoms with Crippen molar-refractivity contribution in [1.82, 2.24) is 20.3 Å². The van der Waals surface area contributed by atoms with Gasteiger partial charge in [0.1, 0.15) is 46.9 Å². The molecule has 7 rings (SSSR count). The fourth-order valence-corrected chi connectivity index (χ4v) is 6.19. The summed E-state index contributed by atoms with van der Waals surface area (Å²) in [5.74, 6) is 0.219. The molecule has 13 nitrogen and oxygen atoms in total. The summed E-state index contributed by atoms with van der Waals surface area (Å²) >= 11 is 0. The zero-order valence-electron chi connectivity index (χ0n) is 28.2. The lowest BCUT2D eigenvalue weighted by atomic mass is 9.77. The number of amides is 1. The van der Waals surface area contributed by atoms with E-state index in [1.807, 2.05) is 42.5 Å². The molecular weight excluding hydrogens is 656 g/mol. The molecule has 3 heterocycles. The number of aromatic hydroxyl groups is 1. The number of fused-ring (bicyclic) bond motifs is 6. The minimum atomic E-state index is -1.25. The van der Waals surface area contributed by atoms with Crippen molar-refractivity contribution in [3.63, 3.8) is 0 Å². The SMILES string of the molecule is COC(=O)[C@H](Cc1ccc(-n2cc(COc3ccc4c(c3)Oc3cc(O)ccc3C43OC(=O)c4ccccc43)nn2)cc1)NC(=O)OC(C)(C)C. The first-order valence-corrected chi connectivity index (χ1v) is 16.1. The van der Waals surface area contributed by atoms with Crippen molar-refractivity contribution in [2.24, 2.45) is 0 Å². The van der Waals surface area contributed by atoms with Gasteiger partial charge in [-0.05, 0) is 68.8 Å². The van der Waals surface area contributed by atoms with Crippen molar-refractivity contribution < 1.29 is 43.2 Å². The number of methoxy groups -OCH3 is 1. The first-order chi connectivity index (χ1) is 24.4. The van der Waals surface area contributed by atoms with E-state index in [0.717, 1.165) is 5.56 Å². The Morgan fingerprint density at radius 2 is 1.69 bits per heavy atom. The summed E-state index contributed by atoms with van der Waals surface area (Å²) in [6.07, 6.45) is 1.21. The standard InChI is InChI=1S/C38H34N4O9/c1-37(2,3)51-36(46)39-31(35(45)47-4)17-22-9-11-24(12-10-22)42-20-23(40-41-42)21-48-26-14-16-30-33(19-26)49-32-18-25(43)13-15-29(32)38(30)28-8-6-5-7-27(28)34(44)50-38/h5-16,18-20,31,43H,17,21H2,1-4H3,(H,39,46)/t31-,38?/m0/s1. The summed E-state index contributed by atoms with van der Waals surface area (Å²) in [4.78, 5) is 37.7. The van der Waals surface area contributed by atoms with Gasteiger partial charge in [-0.15, -0.1) is 5.10 Å². The van der Waals surface area contributed by atoms with Crippen molar-refractivity contribution in [3.8, 4) is 28.7 Å². The number of ether oxygens (including phenoxy) is 5. The molecule has 2 N–H and O–H groups in total. The second-order valence-corrected chi connectivity index (χ2v) is 13.1. The Labute approximate surface area is 292 Å². The lowest BCUT2D eigenvalue weighted by molar-refractivity contribution is -0.143. The van der Waals surface area contributed by atoms with Gasteiger partial charge in [0.2, 0.25) is 0 Å². The lowest BCUT2D eigenvalue weighted by Gasteiger charge is -2.36. The maximum Gasteiger partial charge on any atom is 0.408 e. The van der Waals surface area contributed by atoms with Crippen molar-refractivity contribution in [3.05, 3.63) is 125 Å². The number of hydrogen-bond acceptors (Lipinski definition) is 11. The van der Waals surface area contributed by atoms with E-state index in [9.17, 15) is 19.5 Å². The van der Waals surface area contributed by atoms with Crippen LogP contribution in [0.4, 0.5) is 4.79 Å². The van der Waals surface area contributed by atoms with Crippen LogP contribution in [0.5, 0.6) is 23.0 Å². The summed E-state index contributed by atoms with van der Waals surface area (Å²) in [5, 5.41) is 21.3. The molecule has 5 aromatic rings. The van der Waals surface area contributed by atoms with Gasteiger partial charge in [0.25, 0.3) is 0 Å². The van der Waals surface area contributed by atoms with Gasteiger partial charge in [-0.3, -0.25) is 0 Å². The van der Waals surface area contributed by atoms with Crippen molar-refractivity contribution in [2.75, 3.05) is 7.11 Å². The number of nitrogens with zero attached hydrogens (tertiary/aromatic N) is 3. The number of carbonyl (C=O) groups excluding carboxylic acids is 3. The molecular formula is C38H34N4O9. The highest BCUT2D eigenvalue weighted by Crippen LogP contribution is 2.57. The van der Waals surface area contributed by atoms with Gasteiger partial charge in [-0.1, -0.05) is 35.5 Å². The Hall–Kier alpha value is -6.37. The van der Waals surface area contributed by atoms with Crippen LogP contribution in [0.1, 0.15) is 59.1 Å². The highest BCUT2D eigenvalue weighted by Gasteiger charge is 2.53. The van der Waals surface area contributed by atoms with Gasteiger partial charge in [-0.2, -0.15) is 0 Å². The number of benzene rings is 4. The number of esters is 2. The number of nitrogens with one attached hydrogen (secondary N) is 1. The molecule has 260 valence electrons. The molecule has 1 aromatic heterocycles. The van der Waals surface area contributed by atoms with E-state index in [0.29, 0.717) is 50.9 Å². The number of phenols is 1. The fraction of sp³-hybridized carbons (Fsp3) is 0.237. The summed E-state index contributed by atoms with van der Waals surface area (Å²) in [5.41, 5.74) is 2.45. The molecule has 0 bridgehead atoms. The van der Waals surface area contributed by atoms with E-state index in [4.69, 9.17) is 23.7 Å². The quantitative estimate of drug-likeness (QED) is 0.151. The molecule has 2 aliphatic rings. The van der Waals surface area contributed by atoms with Crippen LogP contribution in [0.3, 0.4) is 0 Å². The van der Waals surface area contributed by atoms with Crippen LogP contribution < -0.4 is 14.8 Å². The molecule has 0 saturated heterocycles. The van der Waals surface area contributed by atoms with Crippen molar-refractivity contribution in [1.29, 1.82) is 0 Å². The smallest absolute Gasteiger partial charge is 0.408 e. The van der Waals surface area contributed by atoms with Crippen LogP contribution in [-0.4, -0.2) is 56.9 Å².